The van der Waals surface area contributed by atoms with E-state index in [1.807, 2.05) is 0 Å². The summed E-state index contributed by atoms with van der Waals surface area (Å²) in [5.41, 5.74) is 0. The van der Waals surface area contributed by atoms with E-state index < -0.39 is 49.0 Å². The van der Waals surface area contributed by atoms with Crippen molar-refractivity contribution in [2.75, 3.05) is 6.61 Å². The van der Waals surface area contributed by atoms with E-state index in [0.29, 0.717) is 0 Å². The lowest BCUT2D eigenvalue weighted by molar-refractivity contribution is -0.333. The summed E-state index contributed by atoms with van der Waals surface area (Å²) in [5.74, 6) is -24.5. The minimum absolute atomic E-state index is 2.03. The highest BCUT2D eigenvalue weighted by Gasteiger charge is 2.94. The molecule has 0 N–H and O–H groups in total. The summed E-state index contributed by atoms with van der Waals surface area (Å²) in [6.07, 6.45) is -12.0. The fourth-order valence-electron chi connectivity index (χ4n) is 1.45. The van der Waals surface area contributed by atoms with Gasteiger partial charge in [0, 0.05) is 0 Å². The van der Waals surface area contributed by atoms with Crippen LogP contribution in [0.1, 0.15) is 6.42 Å². The first-order valence-electron chi connectivity index (χ1n) is 4.78. The standard InChI is InChI=1S/C8H5F11O/c9-3-5(13,14)7(16,17)8(18,19)6(3,15)20-2-1-4(10,11)12/h3H,1-2H2. The molecule has 0 aromatic rings. The number of alkyl halides is 11. The largest absolute Gasteiger partial charge is 0.391 e. The molecular formula is C8H5F11O. The van der Waals surface area contributed by atoms with Crippen molar-refractivity contribution in [2.24, 2.45) is 0 Å². The van der Waals surface area contributed by atoms with Gasteiger partial charge in [0.05, 0.1) is 13.0 Å². The van der Waals surface area contributed by atoms with E-state index >= 15 is 0 Å². The Kier molecular flexibility index (Phi) is 3.74. The highest BCUT2D eigenvalue weighted by atomic mass is 19.4. The number of halogens is 11. The zero-order chi connectivity index (χ0) is 16.2. The Morgan fingerprint density at radius 2 is 1.30 bits per heavy atom. The quantitative estimate of drug-likeness (QED) is 0.715. The van der Waals surface area contributed by atoms with Gasteiger partial charge in [0.25, 0.3) is 0 Å². The number of rotatable bonds is 3. The van der Waals surface area contributed by atoms with Crippen LogP contribution in [0, 0.1) is 0 Å². The Morgan fingerprint density at radius 3 is 1.60 bits per heavy atom. The summed E-state index contributed by atoms with van der Waals surface area (Å²) in [7, 11) is 0. The summed E-state index contributed by atoms with van der Waals surface area (Å²) in [5, 5.41) is 0. The molecule has 1 rings (SSSR count). The van der Waals surface area contributed by atoms with E-state index in [9.17, 15) is 48.3 Å². The number of ether oxygens (including phenoxy) is 1. The molecule has 2 unspecified atom stereocenters. The van der Waals surface area contributed by atoms with E-state index in [2.05, 4.69) is 4.74 Å². The normalized spacial score (nSPS) is 35.2. The van der Waals surface area contributed by atoms with Crippen molar-refractivity contribution < 1.29 is 53.0 Å². The van der Waals surface area contributed by atoms with Gasteiger partial charge in [-0.3, -0.25) is 0 Å². The van der Waals surface area contributed by atoms with Crippen molar-refractivity contribution in [3.05, 3.63) is 0 Å². The molecule has 0 spiro atoms. The summed E-state index contributed by atoms with van der Waals surface area (Å²) in [6, 6.07) is 0. The highest BCUT2D eigenvalue weighted by molar-refractivity contribution is 5.19. The van der Waals surface area contributed by atoms with E-state index in [1.165, 1.54) is 0 Å². The van der Waals surface area contributed by atoms with Gasteiger partial charge >= 0.3 is 29.8 Å². The lowest BCUT2D eigenvalue weighted by Gasteiger charge is -2.28. The molecule has 1 nitrogen and oxygen atoms in total. The third-order valence-corrected chi connectivity index (χ3v) is 2.58. The van der Waals surface area contributed by atoms with Crippen LogP contribution in [0.15, 0.2) is 0 Å². The Bertz CT molecular complexity index is 375. The molecule has 0 heterocycles. The molecule has 0 aromatic heterocycles. The number of hydrogen-bond acceptors (Lipinski definition) is 1. The smallest absolute Gasteiger partial charge is 0.338 e. The first-order valence-corrected chi connectivity index (χ1v) is 4.78. The summed E-state index contributed by atoms with van der Waals surface area (Å²) in [4.78, 5) is 0. The fourth-order valence-corrected chi connectivity index (χ4v) is 1.45. The van der Waals surface area contributed by atoms with Crippen LogP contribution in [-0.4, -0.2) is 42.6 Å². The molecule has 0 radical (unpaired) electrons. The lowest BCUT2D eigenvalue weighted by atomic mass is 10.1. The summed E-state index contributed by atoms with van der Waals surface area (Å²) >= 11 is 0. The van der Waals surface area contributed by atoms with Crippen LogP contribution in [0.2, 0.25) is 0 Å². The average molecular weight is 326 g/mol. The third kappa shape index (κ3) is 2.11. The lowest BCUT2D eigenvalue weighted by Crippen LogP contribution is -2.54. The second-order valence-electron chi connectivity index (χ2n) is 3.99. The van der Waals surface area contributed by atoms with Gasteiger partial charge in [-0.25, -0.2) is 8.78 Å². The average Bonchev–Trinajstić information content (AvgIpc) is 2.29. The number of hydrogen-bond donors (Lipinski definition) is 0. The minimum atomic E-state index is -6.45. The monoisotopic (exact) mass is 326 g/mol. The van der Waals surface area contributed by atoms with Gasteiger partial charge in [-0.1, -0.05) is 0 Å². The van der Waals surface area contributed by atoms with Crippen molar-refractivity contribution in [3.63, 3.8) is 0 Å². The molecule has 0 amide bonds. The van der Waals surface area contributed by atoms with Gasteiger partial charge in [-0.2, -0.15) is 39.5 Å². The maximum Gasteiger partial charge on any atom is 0.391 e. The molecule has 0 aromatic carbocycles. The molecule has 20 heavy (non-hydrogen) atoms. The van der Waals surface area contributed by atoms with Crippen molar-refractivity contribution in [1.82, 2.24) is 0 Å². The molecule has 0 aliphatic heterocycles. The van der Waals surface area contributed by atoms with Crippen molar-refractivity contribution in [2.45, 2.75) is 42.4 Å². The van der Waals surface area contributed by atoms with Crippen molar-refractivity contribution >= 4 is 0 Å². The Balaban J connectivity index is 3.04. The summed E-state index contributed by atoms with van der Waals surface area (Å²) < 4.78 is 141. The van der Waals surface area contributed by atoms with Crippen LogP contribution in [0.5, 0.6) is 0 Å². The molecule has 2 atom stereocenters. The summed E-state index contributed by atoms with van der Waals surface area (Å²) in [6.45, 7) is -2.03. The van der Waals surface area contributed by atoms with E-state index in [-0.39, 0.29) is 0 Å². The SMILES string of the molecule is FC1C(F)(F)C(F)(F)C(F)(F)C1(F)OCCC(F)(F)F. The van der Waals surface area contributed by atoms with Crippen LogP contribution in [0.25, 0.3) is 0 Å². The highest BCUT2D eigenvalue weighted by Crippen LogP contribution is 2.63. The zero-order valence-electron chi connectivity index (χ0n) is 9.06. The second-order valence-corrected chi connectivity index (χ2v) is 3.99. The van der Waals surface area contributed by atoms with Crippen LogP contribution in [0.4, 0.5) is 48.3 Å². The predicted molar refractivity (Wildman–Crippen MR) is 40.2 cm³/mol. The molecule has 0 saturated heterocycles. The molecule has 1 aliphatic carbocycles. The molecule has 120 valence electrons. The molecule has 0 bridgehead atoms. The first kappa shape index (κ1) is 17.2. The Hall–Kier alpha value is -0.810. The van der Waals surface area contributed by atoms with Gasteiger partial charge in [-0.15, -0.1) is 0 Å². The second kappa shape index (κ2) is 4.34. The van der Waals surface area contributed by atoms with Gasteiger partial charge in [-0.05, 0) is 0 Å². The molecule has 1 aliphatic rings. The van der Waals surface area contributed by atoms with Crippen molar-refractivity contribution in [1.29, 1.82) is 0 Å². The molecular weight excluding hydrogens is 321 g/mol. The van der Waals surface area contributed by atoms with Crippen molar-refractivity contribution in [3.8, 4) is 0 Å². The Labute approximate surface area is 103 Å². The zero-order valence-corrected chi connectivity index (χ0v) is 9.06. The van der Waals surface area contributed by atoms with E-state index in [0.717, 1.165) is 0 Å². The van der Waals surface area contributed by atoms with Crippen LogP contribution in [0.3, 0.4) is 0 Å². The van der Waals surface area contributed by atoms with Gasteiger partial charge < -0.3 is 4.74 Å². The maximum atomic E-state index is 13.4. The van der Waals surface area contributed by atoms with E-state index in [4.69, 9.17) is 0 Å². The van der Waals surface area contributed by atoms with Crippen LogP contribution < -0.4 is 0 Å². The predicted octanol–water partition coefficient (Wildman–Crippen LogP) is 3.88. The first-order chi connectivity index (χ1) is 8.61. The van der Waals surface area contributed by atoms with Gasteiger partial charge in [0.2, 0.25) is 6.17 Å². The molecule has 1 fully saturated rings. The minimum Gasteiger partial charge on any atom is -0.338 e. The maximum absolute atomic E-state index is 13.4. The fraction of sp³-hybridized carbons (Fsp3) is 1.00. The third-order valence-electron chi connectivity index (χ3n) is 2.58. The topological polar surface area (TPSA) is 9.23 Å². The van der Waals surface area contributed by atoms with Gasteiger partial charge in [0.15, 0.2) is 0 Å². The van der Waals surface area contributed by atoms with Crippen LogP contribution >= 0.6 is 0 Å². The van der Waals surface area contributed by atoms with Gasteiger partial charge in [0.1, 0.15) is 0 Å². The Morgan fingerprint density at radius 1 is 0.850 bits per heavy atom. The van der Waals surface area contributed by atoms with Crippen LogP contribution in [-0.2, 0) is 4.74 Å². The molecule has 12 heteroatoms. The molecule has 1 saturated carbocycles. The van der Waals surface area contributed by atoms with E-state index in [1.54, 1.807) is 0 Å².